The quantitative estimate of drug-likeness (QED) is 0.877. The molecule has 2 nitrogen and oxygen atoms in total. The first-order valence-corrected chi connectivity index (χ1v) is 6.83. The monoisotopic (exact) mass is 253 g/mol. The van der Waals surface area contributed by atoms with Crippen LogP contribution < -0.4 is 5.32 Å². The number of phenolic OH excluding ortho intramolecular Hbond substituents is 1. The molecule has 1 aliphatic rings. The van der Waals surface area contributed by atoms with E-state index in [1.165, 1.54) is 35.1 Å². The fourth-order valence-electron chi connectivity index (χ4n) is 2.79. The second-order valence-corrected chi connectivity index (χ2v) is 5.34. The molecule has 1 unspecified atom stereocenters. The van der Waals surface area contributed by atoms with Gasteiger partial charge in [0.1, 0.15) is 5.75 Å². The van der Waals surface area contributed by atoms with Crippen molar-refractivity contribution in [3.05, 3.63) is 64.7 Å². The number of benzene rings is 2. The topological polar surface area (TPSA) is 32.3 Å². The van der Waals surface area contributed by atoms with E-state index in [9.17, 15) is 5.11 Å². The summed E-state index contributed by atoms with van der Waals surface area (Å²) < 4.78 is 0. The number of fused-ring (bicyclic) bond motifs is 1. The highest BCUT2D eigenvalue weighted by atomic mass is 16.3. The minimum absolute atomic E-state index is 0.325. The van der Waals surface area contributed by atoms with Gasteiger partial charge in [0, 0.05) is 12.6 Å². The van der Waals surface area contributed by atoms with Crippen LogP contribution in [0.5, 0.6) is 5.75 Å². The predicted octanol–water partition coefficient (Wildman–Crippen LogP) is 3.48. The van der Waals surface area contributed by atoms with Crippen molar-refractivity contribution >= 4 is 0 Å². The van der Waals surface area contributed by atoms with E-state index in [0.29, 0.717) is 11.8 Å². The molecule has 0 heterocycles. The van der Waals surface area contributed by atoms with Gasteiger partial charge in [-0.2, -0.15) is 0 Å². The van der Waals surface area contributed by atoms with Gasteiger partial charge in [0.15, 0.2) is 0 Å². The van der Waals surface area contributed by atoms with Gasteiger partial charge in [0.2, 0.25) is 0 Å². The second-order valence-electron chi connectivity index (χ2n) is 5.34. The molecule has 98 valence electrons. The molecular weight excluding hydrogens is 234 g/mol. The minimum atomic E-state index is 0.325. The molecule has 0 saturated carbocycles. The zero-order valence-electron chi connectivity index (χ0n) is 11.2. The van der Waals surface area contributed by atoms with E-state index >= 15 is 0 Å². The lowest BCUT2D eigenvalue weighted by atomic mass is 10.0. The number of hydrogen-bond acceptors (Lipinski definition) is 2. The Balaban J connectivity index is 1.69. The number of nitrogens with one attached hydrogen (secondary N) is 1. The van der Waals surface area contributed by atoms with Gasteiger partial charge in [-0.3, -0.25) is 0 Å². The lowest BCUT2D eigenvalue weighted by Crippen LogP contribution is -2.18. The number of aromatic hydroxyl groups is 1. The first kappa shape index (κ1) is 12.2. The molecule has 2 aromatic carbocycles. The maximum atomic E-state index is 9.28. The van der Waals surface area contributed by atoms with Crippen molar-refractivity contribution in [2.45, 2.75) is 32.4 Å². The summed E-state index contributed by atoms with van der Waals surface area (Å²) in [7, 11) is 0. The fraction of sp³-hybridized carbons (Fsp3) is 0.294. The molecule has 0 bridgehead atoms. The summed E-state index contributed by atoms with van der Waals surface area (Å²) in [5, 5.41) is 12.9. The summed E-state index contributed by atoms with van der Waals surface area (Å²) >= 11 is 0. The predicted molar refractivity (Wildman–Crippen MR) is 77.2 cm³/mol. The lowest BCUT2D eigenvalue weighted by molar-refractivity contribution is 0.474. The molecule has 0 amide bonds. The summed E-state index contributed by atoms with van der Waals surface area (Å²) in [6, 6.07) is 14.6. The third-order valence-corrected chi connectivity index (χ3v) is 3.87. The van der Waals surface area contributed by atoms with E-state index < -0.39 is 0 Å². The standard InChI is InChI=1S/C17H19NO/c1-12-2-5-14-6-9-17(16(14)10-12)18-11-13-3-7-15(19)8-4-13/h2-5,7-8,10,17-19H,6,9,11H2,1H3. The van der Waals surface area contributed by atoms with Gasteiger partial charge in [-0.25, -0.2) is 0 Å². The van der Waals surface area contributed by atoms with Crippen molar-refractivity contribution in [2.24, 2.45) is 0 Å². The average molecular weight is 253 g/mol. The maximum Gasteiger partial charge on any atom is 0.115 e. The van der Waals surface area contributed by atoms with Crippen LogP contribution in [-0.4, -0.2) is 5.11 Å². The number of hydrogen-bond donors (Lipinski definition) is 2. The molecule has 0 spiro atoms. The van der Waals surface area contributed by atoms with E-state index in [0.717, 1.165) is 6.54 Å². The van der Waals surface area contributed by atoms with E-state index in [2.05, 4.69) is 30.4 Å². The van der Waals surface area contributed by atoms with Crippen molar-refractivity contribution in [3.8, 4) is 5.75 Å². The third-order valence-electron chi connectivity index (χ3n) is 3.87. The molecular formula is C17H19NO. The maximum absolute atomic E-state index is 9.28. The van der Waals surface area contributed by atoms with Crippen LogP contribution in [0.25, 0.3) is 0 Å². The SMILES string of the molecule is Cc1ccc2c(c1)C(NCc1ccc(O)cc1)CC2. The van der Waals surface area contributed by atoms with Crippen molar-refractivity contribution < 1.29 is 5.11 Å². The molecule has 2 heteroatoms. The summed E-state index contributed by atoms with van der Waals surface area (Å²) in [5.41, 5.74) is 5.48. The molecule has 3 rings (SSSR count). The van der Waals surface area contributed by atoms with Crippen molar-refractivity contribution in [3.63, 3.8) is 0 Å². The van der Waals surface area contributed by atoms with Crippen LogP contribution in [0.3, 0.4) is 0 Å². The number of rotatable bonds is 3. The lowest BCUT2D eigenvalue weighted by Gasteiger charge is -2.14. The summed E-state index contributed by atoms with van der Waals surface area (Å²) in [5.74, 6) is 0.325. The van der Waals surface area contributed by atoms with Crippen LogP contribution in [0.15, 0.2) is 42.5 Å². The normalized spacial score (nSPS) is 17.4. The molecule has 0 aromatic heterocycles. The highest BCUT2D eigenvalue weighted by Gasteiger charge is 2.21. The Hall–Kier alpha value is -1.80. The Morgan fingerprint density at radius 1 is 1.16 bits per heavy atom. The highest BCUT2D eigenvalue weighted by molar-refractivity contribution is 5.37. The summed E-state index contributed by atoms with van der Waals surface area (Å²) in [4.78, 5) is 0. The van der Waals surface area contributed by atoms with Crippen LogP contribution in [0.2, 0.25) is 0 Å². The van der Waals surface area contributed by atoms with Gasteiger partial charge in [0.25, 0.3) is 0 Å². The Morgan fingerprint density at radius 2 is 1.95 bits per heavy atom. The molecule has 19 heavy (non-hydrogen) atoms. The Labute approximate surface area is 114 Å². The molecule has 1 atom stereocenters. The molecule has 2 N–H and O–H groups in total. The van der Waals surface area contributed by atoms with Gasteiger partial charge >= 0.3 is 0 Å². The highest BCUT2D eigenvalue weighted by Crippen LogP contribution is 2.31. The number of aryl methyl sites for hydroxylation is 2. The van der Waals surface area contributed by atoms with E-state index in [1.807, 2.05) is 12.1 Å². The van der Waals surface area contributed by atoms with Gasteiger partial charge in [-0.05, 0) is 48.6 Å². The first-order chi connectivity index (χ1) is 9.22. The Bertz CT molecular complexity index is 574. The van der Waals surface area contributed by atoms with E-state index in [4.69, 9.17) is 0 Å². The zero-order valence-corrected chi connectivity index (χ0v) is 11.2. The molecule has 1 aliphatic carbocycles. The Kier molecular flexibility index (Phi) is 3.26. The van der Waals surface area contributed by atoms with Gasteiger partial charge in [0.05, 0.1) is 0 Å². The minimum Gasteiger partial charge on any atom is -0.508 e. The van der Waals surface area contributed by atoms with Crippen LogP contribution in [0.1, 0.15) is 34.7 Å². The first-order valence-electron chi connectivity index (χ1n) is 6.83. The summed E-state index contributed by atoms with van der Waals surface area (Å²) in [6.45, 7) is 2.99. The van der Waals surface area contributed by atoms with Gasteiger partial charge < -0.3 is 10.4 Å². The average Bonchev–Trinajstić information content (AvgIpc) is 2.80. The molecule has 0 radical (unpaired) electrons. The fourth-order valence-corrected chi connectivity index (χ4v) is 2.79. The van der Waals surface area contributed by atoms with Crippen LogP contribution >= 0.6 is 0 Å². The van der Waals surface area contributed by atoms with Crippen molar-refractivity contribution in [1.29, 1.82) is 0 Å². The van der Waals surface area contributed by atoms with Gasteiger partial charge in [-0.1, -0.05) is 35.9 Å². The summed E-state index contributed by atoms with van der Waals surface area (Å²) in [6.07, 6.45) is 2.35. The van der Waals surface area contributed by atoms with E-state index in [-0.39, 0.29) is 0 Å². The van der Waals surface area contributed by atoms with Crippen molar-refractivity contribution in [2.75, 3.05) is 0 Å². The second kappa shape index (κ2) is 5.06. The molecule has 2 aromatic rings. The third kappa shape index (κ3) is 2.64. The smallest absolute Gasteiger partial charge is 0.115 e. The molecule has 0 saturated heterocycles. The molecule has 0 aliphatic heterocycles. The largest absolute Gasteiger partial charge is 0.508 e. The number of phenols is 1. The zero-order chi connectivity index (χ0) is 13.2. The van der Waals surface area contributed by atoms with Gasteiger partial charge in [-0.15, -0.1) is 0 Å². The van der Waals surface area contributed by atoms with Crippen LogP contribution in [0.4, 0.5) is 0 Å². The van der Waals surface area contributed by atoms with E-state index in [1.54, 1.807) is 12.1 Å². The molecule has 0 fully saturated rings. The van der Waals surface area contributed by atoms with Crippen LogP contribution in [0, 0.1) is 6.92 Å². The van der Waals surface area contributed by atoms with Crippen molar-refractivity contribution in [1.82, 2.24) is 5.32 Å². The van der Waals surface area contributed by atoms with Crippen LogP contribution in [-0.2, 0) is 13.0 Å². The Morgan fingerprint density at radius 3 is 2.74 bits per heavy atom.